The summed E-state index contributed by atoms with van der Waals surface area (Å²) < 4.78 is 30.0. The summed E-state index contributed by atoms with van der Waals surface area (Å²) in [4.78, 5) is 29.4. The molecule has 1 N–H and O–H groups in total. The Morgan fingerprint density at radius 3 is 2.67 bits per heavy atom. The van der Waals surface area contributed by atoms with Gasteiger partial charge >= 0.3 is 5.97 Å². The fourth-order valence-electron chi connectivity index (χ4n) is 3.06. The molecule has 1 saturated heterocycles. The first-order valence-corrected chi connectivity index (χ1v) is 10.6. The first-order valence-electron chi connectivity index (χ1n) is 8.78. The zero-order chi connectivity index (χ0) is 19.6. The fraction of sp³-hybridized carbons (Fsp3) is 0.588. The summed E-state index contributed by atoms with van der Waals surface area (Å²) in [6, 6.07) is 3.64. The Morgan fingerprint density at radius 1 is 1.37 bits per heavy atom. The van der Waals surface area contributed by atoms with E-state index in [-0.39, 0.29) is 25.6 Å². The molecule has 0 spiro atoms. The summed E-state index contributed by atoms with van der Waals surface area (Å²) in [5, 5.41) is 8.91. The number of nitrogens with zero attached hydrogens (tertiary/aromatic N) is 3. The van der Waals surface area contributed by atoms with Crippen LogP contribution in [-0.2, 0) is 19.6 Å². The number of hydrogen-bond donors (Lipinski definition) is 1. The van der Waals surface area contributed by atoms with Crippen LogP contribution in [0.4, 0.5) is 0 Å². The number of carbonyl (C=O) groups is 2. The highest BCUT2D eigenvalue weighted by Crippen LogP contribution is 2.39. The molecule has 1 atom stereocenters. The lowest BCUT2D eigenvalue weighted by atomic mass is 10.1. The van der Waals surface area contributed by atoms with Crippen molar-refractivity contribution in [1.29, 1.82) is 0 Å². The molecule has 1 amide bonds. The standard InChI is InChI=1S/C17H23N3O6S/c1-27(24,25)20(11-16(21)22)10-14-9-19(6-7-26-14)17(23)15-5-4-13(8-18-15)12-2-3-12/h4-5,8,12,14H,2-3,6-7,9-11H2,1H3,(H,21,22). The minimum Gasteiger partial charge on any atom is -0.480 e. The lowest BCUT2D eigenvalue weighted by molar-refractivity contribution is -0.137. The quantitative estimate of drug-likeness (QED) is 0.696. The number of sulfonamides is 1. The first kappa shape index (κ1) is 19.7. The molecular weight excluding hydrogens is 374 g/mol. The Kier molecular flexibility index (Phi) is 5.78. The van der Waals surface area contributed by atoms with Crippen molar-refractivity contribution in [2.45, 2.75) is 24.9 Å². The fourth-order valence-corrected chi connectivity index (χ4v) is 3.84. The first-order chi connectivity index (χ1) is 12.7. The zero-order valence-electron chi connectivity index (χ0n) is 15.1. The lowest BCUT2D eigenvalue weighted by Gasteiger charge is -2.34. The van der Waals surface area contributed by atoms with Crippen molar-refractivity contribution in [3.05, 3.63) is 29.6 Å². The molecule has 1 unspecified atom stereocenters. The molecule has 1 aromatic heterocycles. The lowest BCUT2D eigenvalue weighted by Crippen LogP contribution is -2.51. The van der Waals surface area contributed by atoms with Gasteiger partial charge in [-0.3, -0.25) is 14.6 Å². The highest BCUT2D eigenvalue weighted by Gasteiger charge is 2.31. The maximum absolute atomic E-state index is 12.7. The van der Waals surface area contributed by atoms with E-state index < -0.39 is 28.6 Å². The SMILES string of the molecule is CS(=O)(=O)N(CC(=O)O)CC1CN(C(=O)c2ccc(C3CC3)cn2)CCO1. The van der Waals surface area contributed by atoms with Crippen molar-refractivity contribution >= 4 is 21.9 Å². The second kappa shape index (κ2) is 7.91. The van der Waals surface area contributed by atoms with Crippen molar-refractivity contribution in [3.8, 4) is 0 Å². The van der Waals surface area contributed by atoms with Crippen LogP contribution in [0.1, 0.15) is 34.8 Å². The Morgan fingerprint density at radius 2 is 2.11 bits per heavy atom. The van der Waals surface area contributed by atoms with Gasteiger partial charge in [-0.25, -0.2) is 8.42 Å². The van der Waals surface area contributed by atoms with Gasteiger partial charge in [0.1, 0.15) is 12.2 Å². The van der Waals surface area contributed by atoms with Gasteiger partial charge in [-0.1, -0.05) is 6.07 Å². The van der Waals surface area contributed by atoms with Crippen LogP contribution in [0.5, 0.6) is 0 Å². The van der Waals surface area contributed by atoms with E-state index in [0.29, 0.717) is 18.2 Å². The molecule has 3 rings (SSSR count). The average molecular weight is 397 g/mol. The van der Waals surface area contributed by atoms with Crippen LogP contribution in [-0.4, -0.2) is 84.7 Å². The van der Waals surface area contributed by atoms with Gasteiger partial charge in [0, 0.05) is 25.8 Å². The molecule has 0 aromatic carbocycles. The van der Waals surface area contributed by atoms with Crippen LogP contribution in [0.25, 0.3) is 0 Å². The predicted molar refractivity (Wildman–Crippen MR) is 95.9 cm³/mol. The number of ether oxygens (including phenoxy) is 1. The van der Waals surface area contributed by atoms with Crippen LogP contribution in [0, 0.1) is 0 Å². The van der Waals surface area contributed by atoms with E-state index >= 15 is 0 Å². The zero-order valence-corrected chi connectivity index (χ0v) is 15.9. The maximum atomic E-state index is 12.7. The monoisotopic (exact) mass is 397 g/mol. The minimum absolute atomic E-state index is 0.122. The number of aliphatic carboxylic acids is 1. The summed E-state index contributed by atoms with van der Waals surface area (Å²) in [7, 11) is -3.70. The molecule has 27 heavy (non-hydrogen) atoms. The molecule has 9 nitrogen and oxygen atoms in total. The second-order valence-electron chi connectivity index (χ2n) is 6.94. The predicted octanol–water partition coefficient (Wildman–Crippen LogP) is 0.146. The van der Waals surface area contributed by atoms with Gasteiger partial charge in [0.05, 0.1) is 19.0 Å². The Bertz CT molecular complexity index is 806. The van der Waals surface area contributed by atoms with E-state index in [9.17, 15) is 18.0 Å². The number of carboxylic acid groups (broad SMARTS) is 1. The number of hydrogen-bond acceptors (Lipinski definition) is 6. The topological polar surface area (TPSA) is 117 Å². The van der Waals surface area contributed by atoms with Gasteiger partial charge in [0.25, 0.3) is 5.91 Å². The van der Waals surface area contributed by atoms with Crippen LogP contribution < -0.4 is 0 Å². The Hall–Kier alpha value is -2.04. The van der Waals surface area contributed by atoms with Crippen LogP contribution >= 0.6 is 0 Å². The number of pyridine rings is 1. The number of carboxylic acids is 1. The van der Waals surface area contributed by atoms with E-state index in [2.05, 4.69) is 4.98 Å². The van der Waals surface area contributed by atoms with E-state index in [1.54, 1.807) is 17.2 Å². The van der Waals surface area contributed by atoms with Crippen molar-refractivity contribution in [3.63, 3.8) is 0 Å². The van der Waals surface area contributed by atoms with E-state index in [1.165, 1.54) is 0 Å². The molecule has 10 heteroatoms. The summed E-state index contributed by atoms with van der Waals surface area (Å²) in [5.41, 5.74) is 1.48. The molecule has 0 bridgehead atoms. The third-order valence-electron chi connectivity index (χ3n) is 4.67. The van der Waals surface area contributed by atoms with Crippen LogP contribution in [0.15, 0.2) is 18.3 Å². The van der Waals surface area contributed by atoms with Gasteiger partial charge in [-0.2, -0.15) is 4.31 Å². The average Bonchev–Trinajstić information content (AvgIpc) is 3.45. The van der Waals surface area contributed by atoms with Crippen LogP contribution in [0.3, 0.4) is 0 Å². The summed E-state index contributed by atoms with van der Waals surface area (Å²) >= 11 is 0. The number of carbonyl (C=O) groups excluding carboxylic acids is 1. The molecule has 2 aliphatic rings. The van der Waals surface area contributed by atoms with E-state index in [1.807, 2.05) is 6.07 Å². The third kappa shape index (κ3) is 5.24. The summed E-state index contributed by atoms with van der Waals surface area (Å²) in [6.07, 6.45) is 4.41. The Balaban J connectivity index is 1.63. The highest BCUT2D eigenvalue weighted by atomic mass is 32.2. The molecule has 1 aromatic rings. The highest BCUT2D eigenvalue weighted by molar-refractivity contribution is 7.88. The molecule has 1 saturated carbocycles. The normalized spacial score (nSPS) is 20.7. The summed E-state index contributed by atoms with van der Waals surface area (Å²) in [5.74, 6) is -0.926. The number of rotatable bonds is 7. The molecular formula is C17H23N3O6S. The van der Waals surface area contributed by atoms with Crippen molar-refractivity contribution < 1.29 is 27.9 Å². The van der Waals surface area contributed by atoms with Gasteiger partial charge in [-0.15, -0.1) is 0 Å². The second-order valence-corrected chi connectivity index (χ2v) is 8.93. The maximum Gasteiger partial charge on any atom is 0.318 e. The van der Waals surface area contributed by atoms with Crippen LogP contribution in [0.2, 0.25) is 0 Å². The number of aromatic nitrogens is 1. The van der Waals surface area contributed by atoms with Gasteiger partial charge in [-0.05, 0) is 30.4 Å². The smallest absolute Gasteiger partial charge is 0.318 e. The number of amides is 1. The molecule has 148 valence electrons. The van der Waals surface area contributed by atoms with Crippen molar-refractivity contribution in [2.24, 2.45) is 0 Å². The van der Waals surface area contributed by atoms with Crippen molar-refractivity contribution in [2.75, 3.05) is 39.0 Å². The van der Waals surface area contributed by atoms with Crippen molar-refractivity contribution in [1.82, 2.24) is 14.2 Å². The van der Waals surface area contributed by atoms with Gasteiger partial charge in [0.15, 0.2) is 0 Å². The van der Waals surface area contributed by atoms with Gasteiger partial charge in [0.2, 0.25) is 10.0 Å². The third-order valence-corrected chi connectivity index (χ3v) is 5.88. The molecule has 1 aliphatic carbocycles. The Labute approximate surface area is 158 Å². The molecule has 2 fully saturated rings. The summed E-state index contributed by atoms with van der Waals surface area (Å²) in [6.45, 7) is 0.0384. The number of morpholine rings is 1. The van der Waals surface area contributed by atoms with E-state index in [4.69, 9.17) is 9.84 Å². The molecule has 0 radical (unpaired) electrons. The molecule has 2 heterocycles. The minimum atomic E-state index is -3.70. The molecule has 1 aliphatic heterocycles. The van der Waals surface area contributed by atoms with E-state index in [0.717, 1.165) is 29.0 Å². The van der Waals surface area contributed by atoms with Gasteiger partial charge < -0.3 is 14.7 Å². The largest absolute Gasteiger partial charge is 0.480 e.